The van der Waals surface area contributed by atoms with Gasteiger partial charge in [0.1, 0.15) is 12.3 Å². The van der Waals surface area contributed by atoms with Gasteiger partial charge in [-0.05, 0) is 24.3 Å². The number of alkyl halides is 1. The molecule has 0 aromatic heterocycles. The monoisotopic (exact) mass is 317 g/mol. The predicted molar refractivity (Wildman–Crippen MR) is 83.2 cm³/mol. The van der Waals surface area contributed by atoms with Crippen LogP contribution in [0.3, 0.4) is 0 Å². The molecule has 0 spiro atoms. The van der Waals surface area contributed by atoms with Crippen LogP contribution in [0.1, 0.15) is 26.0 Å². The number of methoxy groups -OCH3 is 1. The fourth-order valence-electron chi connectivity index (χ4n) is 1.25. The molecular weight excluding hydrogens is 276 g/mol. The SMILES string of the molecule is [2H]C([2H])([2H])OC([2H])([2H])C([2H])([2H])Oc1ccc(N2C([2H])([2H])C([2H])([2H])N(C([2H])([2H])C([2H])([2H])Cl)C([2H])([2H])C2([2H])[2H])cc1. The molecule has 1 fully saturated rings. The second kappa shape index (κ2) is 8.35. The van der Waals surface area contributed by atoms with Crippen LogP contribution in [-0.4, -0.2) is 63.4 Å². The average molecular weight is 318 g/mol. The van der Waals surface area contributed by atoms with Gasteiger partial charge < -0.3 is 14.4 Å². The molecule has 0 saturated carbocycles. The summed E-state index contributed by atoms with van der Waals surface area (Å²) in [6.45, 7) is -25.5. The van der Waals surface area contributed by atoms with Gasteiger partial charge in [0.25, 0.3) is 0 Å². The summed E-state index contributed by atoms with van der Waals surface area (Å²) >= 11 is 5.40. The van der Waals surface area contributed by atoms with E-state index in [-0.39, 0.29) is 4.90 Å². The van der Waals surface area contributed by atoms with Gasteiger partial charge in [0.2, 0.25) is 0 Å². The van der Waals surface area contributed by atoms with E-state index in [0.717, 1.165) is 24.3 Å². The lowest BCUT2D eigenvalue weighted by Crippen LogP contribution is -2.46. The molecular formula is C15H23ClN2O2. The van der Waals surface area contributed by atoms with E-state index in [1.165, 1.54) is 0 Å². The fraction of sp³-hybridized carbons (Fsp3) is 0.600. The number of halogens is 1. The molecule has 0 aliphatic carbocycles. The number of anilines is 1. The van der Waals surface area contributed by atoms with E-state index in [4.69, 9.17) is 42.4 Å². The Morgan fingerprint density at radius 2 is 2.00 bits per heavy atom. The zero-order valence-electron chi connectivity index (χ0n) is 28.9. The van der Waals surface area contributed by atoms with E-state index in [2.05, 4.69) is 4.74 Å². The molecule has 20 heavy (non-hydrogen) atoms. The van der Waals surface area contributed by atoms with Gasteiger partial charge in [0.15, 0.2) is 0 Å². The van der Waals surface area contributed by atoms with Crippen molar-refractivity contribution in [3.05, 3.63) is 24.3 Å². The molecule has 0 atom stereocenters. The molecule has 1 aliphatic rings. The summed E-state index contributed by atoms with van der Waals surface area (Å²) in [5.41, 5.74) is -0.568. The highest BCUT2D eigenvalue weighted by atomic mass is 35.5. The predicted octanol–water partition coefficient (Wildman–Crippen LogP) is 2.07. The molecule has 0 bridgehead atoms. The van der Waals surface area contributed by atoms with Crippen LogP contribution in [0.15, 0.2) is 24.3 Å². The van der Waals surface area contributed by atoms with Gasteiger partial charge in [-0.25, -0.2) is 0 Å². The first kappa shape index (κ1) is 4.06. The van der Waals surface area contributed by atoms with Crippen molar-refractivity contribution in [2.75, 3.05) is 63.4 Å². The Hall–Kier alpha value is -0.970. The molecule has 0 unspecified atom stereocenters. The Labute approximate surface area is 152 Å². The number of ether oxygens (including phenoxy) is 2. The zero-order chi connectivity index (χ0) is 31.1. The number of rotatable bonds is 7. The minimum atomic E-state index is -3.78. The Morgan fingerprint density at radius 1 is 1.25 bits per heavy atom. The molecule has 1 aliphatic heterocycles. The van der Waals surface area contributed by atoms with Crippen molar-refractivity contribution in [3.8, 4) is 5.75 Å². The first-order valence-electron chi connectivity index (χ1n) is 14.7. The maximum absolute atomic E-state index is 8.36. The molecule has 0 N–H and O–H groups in total. The van der Waals surface area contributed by atoms with Crippen LogP contribution in [0.4, 0.5) is 5.69 Å². The van der Waals surface area contributed by atoms with Gasteiger partial charge in [-0.3, -0.25) is 4.90 Å². The van der Waals surface area contributed by atoms with Crippen LogP contribution in [0, 0.1) is 0 Å². The van der Waals surface area contributed by atoms with Crippen LogP contribution in [0.5, 0.6) is 5.75 Å². The minimum absolute atomic E-state index is 0.00577. The maximum atomic E-state index is 8.36. The second-order valence-corrected chi connectivity index (χ2v) is 3.42. The summed E-state index contributed by atoms with van der Waals surface area (Å²) in [6.07, 6.45) is 0. The van der Waals surface area contributed by atoms with Crippen molar-refractivity contribution in [3.63, 3.8) is 0 Å². The summed E-state index contributed by atoms with van der Waals surface area (Å²) in [6, 6.07) is 3.36. The third-order valence-corrected chi connectivity index (χ3v) is 2.14. The number of hydrogen-bond acceptors (Lipinski definition) is 4. The maximum Gasteiger partial charge on any atom is 0.119 e. The average Bonchev–Trinajstić information content (AvgIpc) is 2.64. The summed E-state index contributed by atoms with van der Waals surface area (Å²) in [5.74, 6) is -4.01. The van der Waals surface area contributed by atoms with Gasteiger partial charge in [0.05, 0.1) is 21.6 Å². The molecule has 1 aromatic carbocycles. The standard InChI is InChI=1S/C15H23ClN2O2/c1-19-12-13-20-15-4-2-14(3-5-15)18-10-8-17(7-6-16)9-11-18/h2-5H,6-13H2,1H3/i1D3,6D2,7D2,8D2,9D2,10D2,11D2,12D2,13D2. The summed E-state index contributed by atoms with van der Waals surface area (Å²) in [5, 5.41) is 0. The Balaban J connectivity index is 2.57. The van der Waals surface area contributed by atoms with Crippen LogP contribution in [0.25, 0.3) is 0 Å². The normalized spacial score (nSPS) is 44.0. The van der Waals surface area contributed by atoms with E-state index in [9.17, 15) is 0 Å². The molecule has 2 rings (SSSR count). The Morgan fingerprint density at radius 3 is 2.65 bits per heavy atom. The van der Waals surface area contributed by atoms with Crippen LogP contribution in [0.2, 0.25) is 0 Å². The molecule has 5 heteroatoms. The van der Waals surface area contributed by atoms with Crippen molar-refractivity contribution in [1.29, 1.82) is 0 Å². The van der Waals surface area contributed by atoms with E-state index in [1.54, 1.807) is 0 Å². The van der Waals surface area contributed by atoms with Crippen molar-refractivity contribution < 1.29 is 35.5 Å². The Kier molecular flexibility index (Phi) is 1.69. The first-order valence-corrected chi connectivity index (χ1v) is 5.55. The van der Waals surface area contributed by atoms with E-state index < -0.39 is 74.8 Å². The van der Waals surface area contributed by atoms with Gasteiger partial charge in [-0.15, -0.1) is 11.6 Å². The van der Waals surface area contributed by atoms with Crippen molar-refractivity contribution in [2.45, 2.75) is 0 Å². The largest absolute Gasteiger partial charge is 0.491 e. The highest BCUT2D eigenvalue weighted by Crippen LogP contribution is 2.20. The van der Waals surface area contributed by atoms with E-state index in [1.807, 2.05) is 0 Å². The van der Waals surface area contributed by atoms with Crippen LogP contribution < -0.4 is 9.64 Å². The third-order valence-electron chi connectivity index (χ3n) is 2.06. The Bertz CT molecular complexity index is 1020. The van der Waals surface area contributed by atoms with Crippen LogP contribution >= 0.6 is 11.6 Å². The third kappa shape index (κ3) is 4.54. The molecule has 0 radical (unpaired) electrons. The lowest BCUT2D eigenvalue weighted by molar-refractivity contribution is 0.146. The fourth-order valence-corrected chi connectivity index (χ4v) is 1.33. The molecule has 1 heterocycles. The molecule has 112 valence electrons. The number of piperazine rings is 1. The number of benzene rings is 1. The van der Waals surface area contributed by atoms with E-state index >= 15 is 0 Å². The van der Waals surface area contributed by atoms with Crippen LogP contribution in [-0.2, 0) is 4.74 Å². The smallest absolute Gasteiger partial charge is 0.119 e. The number of nitrogens with zero attached hydrogens (tertiary/aromatic N) is 2. The lowest BCUT2D eigenvalue weighted by atomic mass is 10.2. The zero-order valence-corrected chi connectivity index (χ0v) is 10.7. The quantitative estimate of drug-likeness (QED) is 0.719. The summed E-state index contributed by atoms with van der Waals surface area (Å²) < 4.78 is 158. The lowest BCUT2D eigenvalue weighted by Gasteiger charge is -2.35. The van der Waals surface area contributed by atoms with Crippen molar-refractivity contribution in [1.82, 2.24) is 4.90 Å². The highest BCUT2D eigenvalue weighted by molar-refractivity contribution is 6.18. The molecule has 1 aromatic rings. The highest BCUT2D eigenvalue weighted by Gasteiger charge is 2.16. The first-order chi connectivity index (χ1) is 16.9. The minimum Gasteiger partial charge on any atom is -0.491 e. The van der Waals surface area contributed by atoms with Gasteiger partial charge in [0, 0.05) is 62.0 Å². The molecule has 1 saturated heterocycles. The second-order valence-electron chi connectivity index (χ2n) is 3.23. The topological polar surface area (TPSA) is 24.9 Å². The molecule has 0 amide bonds. The van der Waals surface area contributed by atoms with Crippen molar-refractivity contribution in [2.24, 2.45) is 0 Å². The van der Waals surface area contributed by atoms with Gasteiger partial charge >= 0.3 is 0 Å². The molecule has 4 nitrogen and oxygen atoms in total. The summed E-state index contributed by atoms with van der Waals surface area (Å²) in [4.78, 5) is -0.568. The van der Waals surface area contributed by atoms with Gasteiger partial charge in [-0.1, -0.05) is 0 Å². The summed E-state index contributed by atoms with van der Waals surface area (Å²) in [7, 11) is -3.33. The van der Waals surface area contributed by atoms with E-state index in [0.29, 0.717) is 0 Å². The van der Waals surface area contributed by atoms with Gasteiger partial charge in [-0.2, -0.15) is 0 Å². The number of hydrogen-bond donors (Lipinski definition) is 0. The van der Waals surface area contributed by atoms with Crippen molar-refractivity contribution >= 4 is 17.3 Å².